The molecule has 0 atom stereocenters. The number of hydrogen-bond acceptors (Lipinski definition) is 7. The van der Waals surface area contributed by atoms with Crippen molar-refractivity contribution in [1.29, 1.82) is 0 Å². The van der Waals surface area contributed by atoms with Gasteiger partial charge in [0.05, 0.1) is 28.5 Å². The van der Waals surface area contributed by atoms with Gasteiger partial charge in [-0.3, -0.25) is 29.4 Å². The van der Waals surface area contributed by atoms with Crippen LogP contribution >= 0.6 is 23.4 Å². The molecule has 1 saturated heterocycles. The zero-order valence-corrected chi connectivity index (χ0v) is 20.4. The number of nitrogens with zero attached hydrogens (tertiary/aromatic N) is 3. The molecule has 0 saturated carbocycles. The van der Waals surface area contributed by atoms with Gasteiger partial charge in [0, 0.05) is 29.2 Å². The summed E-state index contributed by atoms with van der Waals surface area (Å²) in [6, 6.07) is 14.5. The molecule has 0 spiro atoms. The number of rotatable bonds is 8. The predicted octanol–water partition coefficient (Wildman–Crippen LogP) is 4.78. The summed E-state index contributed by atoms with van der Waals surface area (Å²) in [5.41, 5.74) is 1.45. The highest BCUT2D eigenvalue weighted by Gasteiger charge is 2.36. The van der Waals surface area contributed by atoms with Crippen LogP contribution in [0.25, 0.3) is 6.08 Å². The lowest BCUT2D eigenvalue weighted by Gasteiger charge is -2.13. The second-order valence-corrected chi connectivity index (χ2v) is 9.01. The lowest BCUT2D eigenvalue weighted by atomic mass is 10.2. The van der Waals surface area contributed by atoms with Crippen molar-refractivity contribution in [2.75, 3.05) is 19.0 Å². The van der Waals surface area contributed by atoms with E-state index in [-0.39, 0.29) is 17.1 Å². The molecule has 12 heteroatoms. The third kappa shape index (κ3) is 5.42. The Kier molecular flexibility index (Phi) is 7.41. The average Bonchev–Trinajstić information content (AvgIpc) is 3.38. The molecular weight excluding hydrogens is 508 g/mol. The van der Waals surface area contributed by atoms with Gasteiger partial charge in [-0.2, -0.15) is 0 Å². The van der Waals surface area contributed by atoms with E-state index >= 15 is 0 Å². The average molecular weight is 527 g/mol. The molecule has 0 bridgehead atoms. The number of ether oxygens (including phenoxy) is 1. The molecule has 0 unspecified atom stereocenters. The van der Waals surface area contributed by atoms with Crippen molar-refractivity contribution in [3.8, 4) is 5.75 Å². The van der Waals surface area contributed by atoms with E-state index in [0.29, 0.717) is 27.7 Å². The summed E-state index contributed by atoms with van der Waals surface area (Å²) in [7, 11) is 1.47. The van der Waals surface area contributed by atoms with E-state index in [2.05, 4.69) is 5.32 Å². The van der Waals surface area contributed by atoms with E-state index in [4.69, 9.17) is 16.3 Å². The van der Waals surface area contributed by atoms with E-state index in [1.165, 1.54) is 25.3 Å². The first-order chi connectivity index (χ1) is 17.3. The normalized spacial score (nSPS) is 14.4. The second-order valence-electron chi connectivity index (χ2n) is 7.61. The molecule has 2 aromatic carbocycles. The van der Waals surface area contributed by atoms with E-state index in [1.54, 1.807) is 53.2 Å². The maximum absolute atomic E-state index is 12.9. The van der Waals surface area contributed by atoms with Gasteiger partial charge in [-0.15, -0.1) is 0 Å². The van der Waals surface area contributed by atoms with Crippen molar-refractivity contribution in [2.45, 2.75) is 6.54 Å². The Balaban J connectivity index is 1.47. The number of amides is 3. The van der Waals surface area contributed by atoms with Crippen LogP contribution in [0, 0.1) is 10.1 Å². The zero-order valence-electron chi connectivity index (χ0n) is 18.8. The lowest BCUT2D eigenvalue weighted by Crippen LogP contribution is -2.36. The Hall–Kier alpha value is -4.09. The molecule has 0 aliphatic carbocycles. The number of imide groups is 1. The van der Waals surface area contributed by atoms with Crippen molar-refractivity contribution in [1.82, 2.24) is 9.47 Å². The van der Waals surface area contributed by atoms with Gasteiger partial charge in [-0.25, -0.2) is 0 Å². The molecule has 1 N–H and O–H groups in total. The third-order valence-corrected chi connectivity index (χ3v) is 6.49. The molecule has 4 rings (SSSR count). The standard InChI is InChI=1S/C24H19ClN4O6S/c1-35-20-9-8-16(11-18(20)25)26-22(30)14-28-23(31)21(36-24(28)32)12-17-6-4-10-27(17)13-15-5-2-3-7-19(15)29(33)34/h2-12H,13-14H2,1H3,(H,26,30)/b21-12+. The molecule has 10 nitrogen and oxygen atoms in total. The number of nitro groups is 1. The van der Waals surface area contributed by atoms with E-state index in [1.807, 2.05) is 0 Å². The number of nitrogens with one attached hydrogen (secondary N) is 1. The lowest BCUT2D eigenvalue weighted by molar-refractivity contribution is -0.385. The number of anilines is 1. The largest absolute Gasteiger partial charge is 0.495 e. The number of carbonyl (C=O) groups excluding carboxylic acids is 3. The molecule has 36 heavy (non-hydrogen) atoms. The first-order valence-electron chi connectivity index (χ1n) is 10.5. The van der Waals surface area contributed by atoms with Crippen LogP contribution in [0.15, 0.2) is 65.7 Å². The summed E-state index contributed by atoms with van der Waals surface area (Å²) in [6.45, 7) is -0.268. The van der Waals surface area contributed by atoms with Crippen LogP contribution < -0.4 is 10.1 Å². The number of carbonyl (C=O) groups is 3. The fourth-order valence-electron chi connectivity index (χ4n) is 3.57. The Labute approximate surface area is 214 Å². The first-order valence-corrected chi connectivity index (χ1v) is 11.7. The Morgan fingerprint density at radius 3 is 2.69 bits per heavy atom. The molecular formula is C24H19ClN4O6S. The van der Waals surface area contributed by atoms with Gasteiger partial charge < -0.3 is 14.6 Å². The van der Waals surface area contributed by atoms with Crippen molar-refractivity contribution < 1.29 is 24.0 Å². The predicted molar refractivity (Wildman–Crippen MR) is 136 cm³/mol. The van der Waals surface area contributed by atoms with Gasteiger partial charge in [0.1, 0.15) is 12.3 Å². The monoisotopic (exact) mass is 526 g/mol. The van der Waals surface area contributed by atoms with Crippen molar-refractivity contribution in [3.63, 3.8) is 0 Å². The molecule has 3 amide bonds. The molecule has 1 aromatic heterocycles. The van der Waals surface area contributed by atoms with Crippen LogP contribution in [0.2, 0.25) is 5.02 Å². The molecule has 1 fully saturated rings. The van der Waals surface area contributed by atoms with Crippen LogP contribution in [0.4, 0.5) is 16.2 Å². The van der Waals surface area contributed by atoms with Crippen LogP contribution in [0.1, 0.15) is 11.3 Å². The highest BCUT2D eigenvalue weighted by molar-refractivity contribution is 8.18. The highest BCUT2D eigenvalue weighted by Crippen LogP contribution is 2.33. The zero-order chi connectivity index (χ0) is 25.8. The fraction of sp³-hybridized carbons (Fsp3) is 0.125. The van der Waals surface area contributed by atoms with E-state index < -0.39 is 28.5 Å². The number of benzene rings is 2. The minimum atomic E-state index is -0.605. The minimum absolute atomic E-state index is 0.0124. The number of methoxy groups -OCH3 is 1. The maximum atomic E-state index is 12.9. The third-order valence-electron chi connectivity index (χ3n) is 5.28. The molecule has 3 aromatic rings. The molecule has 1 aliphatic heterocycles. The number of aromatic nitrogens is 1. The van der Waals surface area contributed by atoms with Crippen molar-refractivity contribution >= 4 is 57.9 Å². The Bertz CT molecular complexity index is 1400. The minimum Gasteiger partial charge on any atom is -0.495 e. The van der Waals surface area contributed by atoms with Gasteiger partial charge in [-0.05, 0) is 48.2 Å². The topological polar surface area (TPSA) is 124 Å². The number of halogens is 1. The summed E-state index contributed by atoms with van der Waals surface area (Å²) >= 11 is 6.78. The molecule has 2 heterocycles. The van der Waals surface area contributed by atoms with Crippen LogP contribution in [0.3, 0.4) is 0 Å². The molecule has 1 aliphatic rings. The van der Waals surface area contributed by atoms with Gasteiger partial charge in [0.25, 0.3) is 16.8 Å². The highest BCUT2D eigenvalue weighted by atomic mass is 35.5. The van der Waals surface area contributed by atoms with Gasteiger partial charge in [-0.1, -0.05) is 29.8 Å². The summed E-state index contributed by atoms with van der Waals surface area (Å²) in [6.07, 6.45) is 3.25. The number of thioether (sulfide) groups is 1. The van der Waals surface area contributed by atoms with Gasteiger partial charge in [0.15, 0.2) is 0 Å². The van der Waals surface area contributed by atoms with Crippen LogP contribution in [0.5, 0.6) is 5.75 Å². The van der Waals surface area contributed by atoms with Crippen molar-refractivity contribution in [2.24, 2.45) is 0 Å². The van der Waals surface area contributed by atoms with E-state index in [0.717, 1.165) is 16.7 Å². The summed E-state index contributed by atoms with van der Waals surface area (Å²) in [5.74, 6) is -0.733. The summed E-state index contributed by atoms with van der Waals surface area (Å²) in [4.78, 5) is 49.7. The van der Waals surface area contributed by atoms with Crippen LogP contribution in [-0.2, 0) is 16.1 Å². The second kappa shape index (κ2) is 10.7. The first kappa shape index (κ1) is 25.0. The molecule has 0 radical (unpaired) electrons. The number of para-hydroxylation sites is 1. The number of hydrogen-bond donors (Lipinski definition) is 1. The van der Waals surface area contributed by atoms with Crippen molar-refractivity contribution in [3.05, 3.63) is 92.1 Å². The maximum Gasteiger partial charge on any atom is 0.294 e. The van der Waals surface area contributed by atoms with Crippen LogP contribution in [-0.4, -0.2) is 45.1 Å². The van der Waals surface area contributed by atoms with Gasteiger partial charge >= 0.3 is 0 Å². The summed E-state index contributed by atoms with van der Waals surface area (Å²) < 4.78 is 6.80. The quantitative estimate of drug-likeness (QED) is 0.254. The van der Waals surface area contributed by atoms with Gasteiger partial charge in [0.2, 0.25) is 5.91 Å². The smallest absolute Gasteiger partial charge is 0.294 e. The Morgan fingerprint density at radius 2 is 1.97 bits per heavy atom. The molecule has 184 valence electrons. The SMILES string of the molecule is COc1ccc(NC(=O)CN2C(=O)S/C(=C/c3cccn3Cc3ccccc3[N+](=O)[O-])C2=O)cc1Cl. The fourth-order valence-corrected chi connectivity index (χ4v) is 4.65. The van der Waals surface area contributed by atoms with E-state index in [9.17, 15) is 24.5 Å². The number of nitro benzene ring substituents is 1. The summed E-state index contributed by atoms with van der Waals surface area (Å²) in [5, 5.41) is 13.6. The Morgan fingerprint density at radius 1 is 1.19 bits per heavy atom.